The molecule has 0 aliphatic heterocycles. The summed E-state index contributed by atoms with van der Waals surface area (Å²) in [6, 6.07) is 2.72. The molecule has 0 spiro atoms. The van der Waals surface area contributed by atoms with Gasteiger partial charge in [-0.05, 0) is 48.0 Å². The molecule has 0 aliphatic carbocycles. The Labute approximate surface area is 126 Å². The maximum Gasteiger partial charge on any atom is 0.146 e. The summed E-state index contributed by atoms with van der Waals surface area (Å²) in [6.45, 7) is 5.58. The van der Waals surface area contributed by atoms with Crippen LogP contribution in [0.25, 0.3) is 0 Å². The van der Waals surface area contributed by atoms with E-state index in [1.54, 1.807) is 18.5 Å². The molecule has 1 N–H and O–H groups in total. The topological polar surface area (TPSA) is 42.7 Å². The molecule has 108 valence electrons. The Balaban J connectivity index is 2.47. The van der Waals surface area contributed by atoms with Crippen LogP contribution >= 0.6 is 15.9 Å². The summed E-state index contributed by atoms with van der Waals surface area (Å²) < 4.78 is 16.8. The molecule has 0 saturated carbocycles. The van der Waals surface area contributed by atoms with E-state index in [1.165, 1.54) is 6.07 Å². The Bertz CT molecular complexity index is 570. The number of pyridine rings is 1. The molecule has 1 atom stereocenters. The number of aryl methyl sites for hydroxylation is 1. The lowest BCUT2D eigenvalue weighted by molar-refractivity contribution is 0.493. The first-order valence-electron chi connectivity index (χ1n) is 6.74. The van der Waals surface area contributed by atoms with Crippen LogP contribution in [0.2, 0.25) is 0 Å². The molecule has 2 aromatic heterocycles. The van der Waals surface area contributed by atoms with Gasteiger partial charge in [0.1, 0.15) is 5.82 Å². The summed E-state index contributed by atoms with van der Waals surface area (Å²) in [6.07, 6.45) is 4.31. The highest BCUT2D eigenvalue weighted by Crippen LogP contribution is 2.28. The normalized spacial score (nSPS) is 12.6. The molecule has 0 aromatic carbocycles. The minimum absolute atomic E-state index is 0.308. The third-order valence-electron chi connectivity index (χ3n) is 3.07. The summed E-state index contributed by atoms with van der Waals surface area (Å²) >= 11 is 3.50. The van der Waals surface area contributed by atoms with Gasteiger partial charge in [-0.25, -0.2) is 4.39 Å². The molecule has 4 nitrogen and oxygen atoms in total. The van der Waals surface area contributed by atoms with Crippen LogP contribution in [0.1, 0.15) is 37.7 Å². The Kier molecular flexibility index (Phi) is 5.25. The van der Waals surface area contributed by atoms with E-state index < -0.39 is 0 Å². The van der Waals surface area contributed by atoms with Crippen LogP contribution < -0.4 is 5.32 Å². The van der Waals surface area contributed by atoms with Crippen molar-refractivity contribution in [2.45, 2.75) is 32.9 Å². The first kappa shape index (κ1) is 15.1. The average Bonchev–Trinajstić information content (AvgIpc) is 2.82. The molecule has 0 aliphatic rings. The predicted molar refractivity (Wildman–Crippen MR) is 79.9 cm³/mol. The fourth-order valence-electron chi connectivity index (χ4n) is 2.13. The number of nitrogens with one attached hydrogen (secondary N) is 1. The SMILES string of the molecule is CCCNC(c1ncccc1F)c1c(Br)cnn1CC. The summed E-state index contributed by atoms with van der Waals surface area (Å²) in [4.78, 5) is 4.20. The van der Waals surface area contributed by atoms with Crippen LogP contribution in [0.15, 0.2) is 29.0 Å². The van der Waals surface area contributed by atoms with Gasteiger partial charge in [-0.1, -0.05) is 6.92 Å². The van der Waals surface area contributed by atoms with Crippen LogP contribution in [0.3, 0.4) is 0 Å². The predicted octanol–water partition coefficient (Wildman–Crippen LogP) is 3.29. The van der Waals surface area contributed by atoms with Crippen LogP contribution in [-0.4, -0.2) is 21.3 Å². The minimum Gasteiger partial charge on any atom is -0.304 e. The summed E-state index contributed by atoms with van der Waals surface area (Å²) in [7, 11) is 0. The monoisotopic (exact) mass is 340 g/mol. The number of halogens is 2. The average molecular weight is 341 g/mol. The van der Waals surface area contributed by atoms with Crippen molar-refractivity contribution in [2.24, 2.45) is 0 Å². The van der Waals surface area contributed by atoms with E-state index in [-0.39, 0.29) is 11.9 Å². The van der Waals surface area contributed by atoms with Gasteiger partial charge in [-0.15, -0.1) is 0 Å². The molecule has 20 heavy (non-hydrogen) atoms. The minimum atomic E-state index is -0.312. The second-order valence-electron chi connectivity index (χ2n) is 4.45. The Hall–Kier alpha value is -1.27. The highest BCUT2D eigenvalue weighted by molar-refractivity contribution is 9.10. The first-order chi connectivity index (χ1) is 9.69. The molecular weight excluding hydrogens is 323 g/mol. The second-order valence-corrected chi connectivity index (χ2v) is 5.31. The van der Waals surface area contributed by atoms with Crippen molar-refractivity contribution in [1.29, 1.82) is 0 Å². The van der Waals surface area contributed by atoms with Gasteiger partial charge < -0.3 is 5.32 Å². The van der Waals surface area contributed by atoms with Gasteiger partial charge in [0.2, 0.25) is 0 Å². The molecular formula is C14H18BrFN4. The van der Waals surface area contributed by atoms with E-state index >= 15 is 0 Å². The zero-order valence-electron chi connectivity index (χ0n) is 11.6. The van der Waals surface area contributed by atoms with Crippen LogP contribution in [0.5, 0.6) is 0 Å². The third kappa shape index (κ3) is 3.07. The van der Waals surface area contributed by atoms with Crippen molar-refractivity contribution in [3.63, 3.8) is 0 Å². The van der Waals surface area contributed by atoms with Gasteiger partial charge >= 0.3 is 0 Å². The maximum atomic E-state index is 14.1. The van der Waals surface area contributed by atoms with E-state index in [9.17, 15) is 4.39 Å². The van der Waals surface area contributed by atoms with Crippen LogP contribution in [0, 0.1) is 5.82 Å². The quantitative estimate of drug-likeness (QED) is 0.877. The fraction of sp³-hybridized carbons (Fsp3) is 0.429. The number of rotatable bonds is 6. The molecule has 2 aromatic rings. The van der Waals surface area contributed by atoms with Crippen molar-refractivity contribution in [1.82, 2.24) is 20.1 Å². The highest BCUT2D eigenvalue weighted by Gasteiger charge is 2.24. The van der Waals surface area contributed by atoms with Gasteiger partial charge in [-0.2, -0.15) is 5.10 Å². The molecule has 2 heterocycles. The smallest absolute Gasteiger partial charge is 0.146 e. The Morgan fingerprint density at radius 1 is 1.45 bits per heavy atom. The molecule has 2 rings (SSSR count). The number of aromatic nitrogens is 3. The fourth-order valence-corrected chi connectivity index (χ4v) is 2.66. The van der Waals surface area contributed by atoms with Crippen molar-refractivity contribution in [2.75, 3.05) is 6.54 Å². The summed E-state index contributed by atoms with van der Waals surface area (Å²) in [5.41, 5.74) is 1.30. The van der Waals surface area contributed by atoms with E-state index in [0.29, 0.717) is 5.69 Å². The lowest BCUT2D eigenvalue weighted by Gasteiger charge is -2.20. The number of hydrogen-bond donors (Lipinski definition) is 1. The first-order valence-corrected chi connectivity index (χ1v) is 7.53. The van der Waals surface area contributed by atoms with Crippen molar-refractivity contribution < 1.29 is 4.39 Å². The molecule has 6 heteroatoms. The van der Waals surface area contributed by atoms with Gasteiger partial charge in [0.05, 0.1) is 28.1 Å². The Morgan fingerprint density at radius 3 is 2.90 bits per heavy atom. The van der Waals surface area contributed by atoms with Crippen molar-refractivity contribution >= 4 is 15.9 Å². The standard InChI is InChI=1S/C14H18BrFN4/c1-3-7-17-13(12-11(16)6-5-8-18-12)14-10(15)9-19-20(14)4-2/h5-6,8-9,13,17H,3-4,7H2,1-2H3. The zero-order valence-corrected chi connectivity index (χ0v) is 13.2. The molecule has 0 radical (unpaired) electrons. The third-order valence-corrected chi connectivity index (χ3v) is 3.68. The zero-order chi connectivity index (χ0) is 14.5. The van der Waals surface area contributed by atoms with E-state index in [1.807, 2.05) is 11.6 Å². The van der Waals surface area contributed by atoms with Gasteiger partial charge in [-0.3, -0.25) is 9.67 Å². The van der Waals surface area contributed by atoms with E-state index in [0.717, 1.165) is 29.7 Å². The number of nitrogens with zero attached hydrogens (tertiary/aromatic N) is 3. The van der Waals surface area contributed by atoms with Crippen LogP contribution in [-0.2, 0) is 6.54 Å². The van der Waals surface area contributed by atoms with E-state index in [4.69, 9.17) is 0 Å². The summed E-state index contributed by atoms with van der Waals surface area (Å²) in [5, 5.41) is 7.65. The molecule has 0 bridgehead atoms. The van der Waals surface area contributed by atoms with Gasteiger partial charge in [0, 0.05) is 12.7 Å². The largest absolute Gasteiger partial charge is 0.304 e. The van der Waals surface area contributed by atoms with Crippen LogP contribution in [0.4, 0.5) is 4.39 Å². The van der Waals surface area contributed by atoms with Crippen molar-refractivity contribution in [3.8, 4) is 0 Å². The highest BCUT2D eigenvalue weighted by atomic mass is 79.9. The van der Waals surface area contributed by atoms with E-state index in [2.05, 4.69) is 38.3 Å². The second kappa shape index (κ2) is 6.95. The summed E-state index contributed by atoms with van der Waals surface area (Å²) in [5.74, 6) is -0.308. The maximum absolute atomic E-state index is 14.1. The molecule has 0 amide bonds. The molecule has 0 saturated heterocycles. The molecule has 1 unspecified atom stereocenters. The lowest BCUT2D eigenvalue weighted by atomic mass is 10.1. The number of hydrogen-bond acceptors (Lipinski definition) is 3. The lowest BCUT2D eigenvalue weighted by Crippen LogP contribution is -2.27. The van der Waals surface area contributed by atoms with Gasteiger partial charge in [0.15, 0.2) is 0 Å². The van der Waals surface area contributed by atoms with Crippen molar-refractivity contribution in [3.05, 3.63) is 46.2 Å². The molecule has 0 fully saturated rings. The van der Waals surface area contributed by atoms with Gasteiger partial charge in [0.25, 0.3) is 0 Å². The Morgan fingerprint density at radius 2 is 2.25 bits per heavy atom.